The summed E-state index contributed by atoms with van der Waals surface area (Å²) >= 11 is 7.85. The maximum Gasteiger partial charge on any atom is 0.123 e. The molecule has 2 aromatic carbocycles. The van der Waals surface area contributed by atoms with Crippen LogP contribution in [0.1, 0.15) is 17.9 Å². The van der Waals surface area contributed by atoms with E-state index in [1.165, 1.54) is 17.0 Å². The SMILES string of the molecule is Fc1ccc(C(CCl)CCSc2ccccc2)cc1. The lowest BCUT2D eigenvalue weighted by atomic mass is 9.99. The van der Waals surface area contributed by atoms with Gasteiger partial charge in [-0.15, -0.1) is 23.4 Å². The summed E-state index contributed by atoms with van der Waals surface area (Å²) in [5.74, 6) is 1.67. The fourth-order valence-corrected chi connectivity index (χ4v) is 3.22. The highest BCUT2D eigenvalue weighted by Crippen LogP contribution is 2.26. The Hall–Kier alpha value is -0.990. The number of hydrogen-bond donors (Lipinski definition) is 0. The van der Waals surface area contributed by atoms with Crippen LogP contribution in [0.3, 0.4) is 0 Å². The first kappa shape index (κ1) is 14.4. The van der Waals surface area contributed by atoms with Crippen LogP contribution in [-0.4, -0.2) is 11.6 Å². The fourth-order valence-electron chi connectivity index (χ4n) is 1.90. The monoisotopic (exact) mass is 294 g/mol. The van der Waals surface area contributed by atoms with E-state index >= 15 is 0 Å². The molecule has 2 rings (SSSR count). The molecule has 0 amide bonds. The van der Waals surface area contributed by atoms with Crippen molar-refractivity contribution in [1.29, 1.82) is 0 Å². The predicted octanol–water partition coefficient (Wildman–Crippen LogP) is 5.33. The van der Waals surface area contributed by atoms with Crippen LogP contribution in [0.25, 0.3) is 0 Å². The Morgan fingerprint density at radius 2 is 1.68 bits per heavy atom. The third-order valence-electron chi connectivity index (χ3n) is 3.01. The van der Waals surface area contributed by atoms with Crippen molar-refractivity contribution in [3.05, 3.63) is 66.0 Å². The van der Waals surface area contributed by atoms with Crippen LogP contribution in [0.4, 0.5) is 4.39 Å². The van der Waals surface area contributed by atoms with E-state index in [9.17, 15) is 4.39 Å². The molecule has 0 heterocycles. The molecule has 1 unspecified atom stereocenters. The normalized spacial score (nSPS) is 12.3. The number of halogens is 2. The summed E-state index contributed by atoms with van der Waals surface area (Å²) in [5.41, 5.74) is 1.12. The van der Waals surface area contributed by atoms with Gasteiger partial charge in [-0.3, -0.25) is 0 Å². The zero-order valence-corrected chi connectivity index (χ0v) is 12.1. The van der Waals surface area contributed by atoms with Gasteiger partial charge in [0.1, 0.15) is 5.82 Å². The number of thioether (sulfide) groups is 1. The average molecular weight is 295 g/mol. The highest BCUT2D eigenvalue weighted by Gasteiger charge is 2.10. The summed E-state index contributed by atoms with van der Waals surface area (Å²) in [5, 5.41) is 0. The first-order valence-corrected chi connectivity index (χ1v) is 7.81. The van der Waals surface area contributed by atoms with Crippen LogP contribution in [0, 0.1) is 5.82 Å². The van der Waals surface area contributed by atoms with Crippen molar-refractivity contribution in [2.75, 3.05) is 11.6 Å². The molecule has 0 saturated heterocycles. The lowest BCUT2D eigenvalue weighted by molar-refractivity contribution is 0.625. The van der Waals surface area contributed by atoms with Crippen molar-refractivity contribution in [3.63, 3.8) is 0 Å². The molecule has 2 aromatic rings. The van der Waals surface area contributed by atoms with Gasteiger partial charge in [-0.2, -0.15) is 0 Å². The van der Waals surface area contributed by atoms with Crippen molar-refractivity contribution >= 4 is 23.4 Å². The molecule has 19 heavy (non-hydrogen) atoms. The lowest BCUT2D eigenvalue weighted by Crippen LogP contribution is -2.02. The Bertz CT molecular complexity index is 484. The number of rotatable bonds is 6. The zero-order valence-electron chi connectivity index (χ0n) is 10.6. The lowest BCUT2D eigenvalue weighted by Gasteiger charge is -2.14. The van der Waals surface area contributed by atoms with Gasteiger partial charge in [-0.05, 0) is 47.9 Å². The predicted molar refractivity (Wildman–Crippen MR) is 81.6 cm³/mol. The fraction of sp³-hybridized carbons (Fsp3) is 0.250. The van der Waals surface area contributed by atoms with Gasteiger partial charge in [-0.25, -0.2) is 4.39 Å². The van der Waals surface area contributed by atoms with E-state index in [4.69, 9.17) is 11.6 Å². The summed E-state index contributed by atoms with van der Waals surface area (Å²) in [7, 11) is 0. The second kappa shape index (κ2) is 7.56. The van der Waals surface area contributed by atoms with Gasteiger partial charge < -0.3 is 0 Å². The number of benzene rings is 2. The number of hydrogen-bond acceptors (Lipinski definition) is 1. The van der Waals surface area contributed by atoms with Crippen molar-refractivity contribution in [1.82, 2.24) is 0 Å². The number of alkyl halides is 1. The molecule has 0 spiro atoms. The van der Waals surface area contributed by atoms with Crippen molar-refractivity contribution in [3.8, 4) is 0 Å². The third kappa shape index (κ3) is 4.55. The van der Waals surface area contributed by atoms with Crippen LogP contribution in [-0.2, 0) is 0 Å². The highest BCUT2D eigenvalue weighted by atomic mass is 35.5. The van der Waals surface area contributed by atoms with E-state index in [1.807, 2.05) is 42.1 Å². The molecule has 0 radical (unpaired) electrons. The molecule has 100 valence electrons. The highest BCUT2D eigenvalue weighted by molar-refractivity contribution is 7.99. The topological polar surface area (TPSA) is 0 Å². The third-order valence-corrected chi connectivity index (χ3v) is 4.42. The molecular weight excluding hydrogens is 279 g/mol. The smallest absolute Gasteiger partial charge is 0.123 e. The Morgan fingerprint density at radius 1 is 1.00 bits per heavy atom. The Kier molecular flexibility index (Phi) is 5.74. The summed E-state index contributed by atoms with van der Waals surface area (Å²) in [6.07, 6.45) is 0.995. The van der Waals surface area contributed by atoms with Crippen LogP contribution in [0.15, 0.2) is 59.5 Å². The zero-order chi connectivity index (χ0) is 13.5. The van der Waals surface area contributed by atoms with Gasteiger partial charge in [0.25, 0.3) is 0 Å². The molecule has 1 atom stereocenters. The van der Waals surface area contributed by atoms with Crippen LogP contribution in [0.2, 0.25) is 0 Å². The summed E-state index contributed by atoms with van der Waals surface area (Å²) in [4.78, 5) is 1.27. The minimum Gasteiger partial charge on any atom is -0.207 e. The van der Waals surface area contributed by atoms with Gasteiger partial charge in [-0.1, -0.05) is 30.3 Å². The molecule has 0 aromatic heterocycles. The second-order valence-corrected chi connectivity index (χ2v) is 5.83. The van der Waals surface area contributed by atoms with E-state index in [2.05, 4.69) is 12.1 Å². The van der Waals surface area contributed by atoms with Gasteiger partial charge in [0.05, 0.1) is 0 Å². The molecule has 0 aliphatic rings. The van der Waals surface area contributed by atoms with Gasteiger partial charge in [0.2, 0.25) is 0 Å². The summed E-state index contributed by atoms with van der Waals surface area (Å²) < 4.78 is 12.9. The van der Waals surface area contributed by atoms with E-state index in [-0.39, 0.29) is 5.82 Å². The average Bonchev–Trinajstić information content (AvgIpc) is 2.46. The summed E-state index contributed by atoms with van der Waals surface area (Å²) in [6, 6.07) is 17.0. The molecule has 0 aliphatic carbocycles. The van der Waals surface area contributed by atoms with Crippen LogP contribution < -0.4 is 0 Å². The molecule has 0 bridgehead atoms. The molecule has 0 fully saturated rings. The maximum atomic E-state index is 12.9. The van der Waals surface area contributed by atoms with Gasteiger partial charge in [0, 0.05) is 10.8 Å². The molecule has 3 heteroatoms. The van der Waals surface area contributed by atoms with E-state index in [0.717, 1.165) is 17.7 Å². The molecular formula is C16H16ClFS. The first-order chi connectivity index (χ1) is 9.29. The Labute approximate surface area is 123 Å². The maximum absolute atomic E-state index is 12.9. The van der Waals surface area contributed by atoms with Crippen molar-refractivity contribution in [2.24, 2.45) is 0 Å². The van der Waals surface area contributed by atoms with Gasteiger partial charge in [0.15, 0.2) is 0 Å². The van der Waals surface area contributed by atoms with Gasteiger partial charge >= 0.3 is 0 Å². The van der Waals surface area contributed by atoms with E-state index in [1.54, 1.807) is 0 Å². The minimum absolute atomic E-state index is 0.198. The van der Waals surface area contributed by atoms with Crippen LogP contribution >= 0.6 is 23.4 Å². The van der Waals surface area contributed by atoms with Crippen molar-refractivity contribution in [2.45, 2.75) is 17.2 Å². The quantitative estimate of drug-likeness (QED) is 0.512. The molecule has 0 N–H and O–H groups in total. The van der Waals surface area contributed by atoms with Crippen LogP contribution in [0.5, 0.6) is 0 Å². The Morgan fingerprint density at radius 3 is 2.32 bits per heavy atom. The largest absolute Gasteiger partial charge is 0.207 e. The minimum atomic E-state index is -0.198. The second-order valence-electron chi connectivity index (χ2n) is 4.35. The van der Waals surface area contributed by atoms with E-state index < -0.39 is 0 Å². The first-order valence-electron chi connectivity index (χ1n) is 6.29. The molecule has 0 nitrogen and oxygen atoms in total. The van der Waals surface area contributed by atoms with E-state index in [0.29, 0.717) is 11.8 Å². The molecule has 0 saturated carbocycles. The summed E-state index contributed by atoms with van der Waals surface area (Å²) in [6.45, 7) is 0. The van der Waals surface area contributed by atoms with Crippen molar-refractivity contribution < 1.29 is 4.39 Å². The Balaban J connectivity index is 1.87. The molecule has 0 aliphatic heterocycles. The standard InChI is InChI=1S/C16H16ClFS/c17-12-14(13-6-8-15(18)9-7-13)10-11-19-16-4-2-1-3-5-16/h1-9,14H,10-12H2.